The molecule has 3 aliphatic rings. The fourth-order valence-corrected chi connectivity index (χ4v) is 5.96. The zero-order valence-corrected chi connectivity index (χ0v) is 13.7. The minimum absolute atomic E-state index is 0.0468. The number of nitrogens with two attached hydrogens (primary N) is 1. The largest absolute Gasteiger partial charge is 0.481 e. The van der Waals surface area contributed by atoms with E-state index in [1.807, 2.05) is 24.3 Å². The Balaban J connectivity index is 1.95. The summed E-state index contributed by atoms with van der Waals surface area (Å²) in [6.45, 7) is 0. The van der Waals surface area contributed by atoms with Crippen LogP contribution in [0.4, 0.5) is 0 Å². The molecule has 2 bridgehead atoms. The molecule has 0 heterocycles. The van der Waals surface area contributed by atoms with Crippen molar-refractivity contribution >= 4 is 27.8 Å². The van der Waals surface area contributed by atoms with Gasteiger partial charge in [0.2, 0.25) is 5.91 Å². The number of hydrogen-bond donors (Lipinski definition) is 2. The van der Waals surface area contributed by atoms with Crippen LogP contribution >= 0.6 is 15.9 Å². The smallest absolute Gasteiger partial charge is 0.308 e. The molecule has 4 atom stereocenters. The summed E-state index contributed by atoms with van der Waals surface area (Å²) < 4.78 is 0.909. The molecule has 3 fully saturated rings. The van der Waals surface area contributed by atoms with Crippen LogP contribution in [0.25, 0.3) is 0 Å². The first-order valence-corrected chi connectivity index (χ1v) is 8.52. The summed E-state index contributed by atoms with van der Waals surface area (Å²) in [4.78, 5) is 24.6. The number of carbonyl (C=O) groups excluding carboxylic acids is 1. The van der Waals surface area contributed by atoms with Crippen molar-refractivity contribution in [1.82, 2.24) is 0 Å². The number of carboxylic acid groups (broad SMARTS) is 1. The lowest BCUT2D eigenvalue weighted by Crippen LogP contribution is -2.53. The summed E-state index contributed by atoms with van der Waals surface area (Å²) in [7, 11) is 0. The third-order valence-corrected chi connectivity index (χ3v) is 6.99. The van der Waals surface area contributed by atoms with E-state index in [4.69, 9.17) is 5.73 Å². The van der Waals surface area contributed by atoms with Crippen molar-refractivity contribution < 1.29 is 14.7 Å². The summed E-state index contributed by atoms with van der Waals surface area (Å²) in [5.74, 6) is -1.87. The van der Waals surface area contributed by atoms with E-state index >= 15 is 0 Å². The van der Waals surface area contributed by atoms with Crippen LogP contribution in [0.15, 0.2) is 28.7 Å². The van der Waals surface area contributed by atoms with Crippen LogP contribution in [0.3, 0.4) is 0 Å². The van der Waals surface area contributed by atoms with Gasteiger partial charge in [-0.05, 0) is 60.6 Å². The maximum absolute atomic E-state index is 12.6. The molecule has 0 aliphatic heterocycles. The van der Waals surface area contributed by atoms with Gasteiger partial charge >= 0.3 is 5.97 Å². The van der Waals surface area contributed by atoms with Gasteiger partial charge in [0.15, 0.2) is 0 Å². The Morgan fingerprint density at radius 1 is 1.18 bits per heavy atom. The quantitative estimate of drug-likeness (QED) is 0.866. The minimum Gasteiger partial charge on any atom is -0.481 e. The van der Waals surface area contributed by atoms with Gasteiger partial charge < -0.3 is 10.8 Å². The first-order chi connectivity index (χ1) is 10.4. The highest BCUT2D eigenvalue weighted by Crippen LogP contribution is 2.78. The van der Waals surface area contributed by atoms with Gasteiger partial charge in [-0.3, -0.25) is 9.59 Å². The van der Waals surface area contributed by atoms with Crippen LogP contribution in [-0.4, -0.2) is 17.0 Å². The number of halogens is 1. The first-order valence-electron chi connectivity index (χ1n) is 7.73. The summed E-state index contributed by atoms with van der Waals surface area (Å²) in [6, 6.07) is 7.46. The molecular weight excluding hydrogens is 346 g/mol. The fourth-order valence-electron chi connectivity index (χ4n) is 5.70. The molecule has 3 saturated carbocycles. The average Bonchev–Trinajstić information content (AvgIpc) is 3.13. The summed E-state index contributed by atoms with van der Waals surface area (Å²) in [5.41, 5.74) is 5.62. The second kappa shape index (κ2) is 4.34. The van der Waals surface area contributed by atoms with Crippen molar-refractivity contribution in [2.45, 2.75) is 31.1 Å². The van der Waals surface area contributed by atoms with E-state index in [2.05, 4.69) is 15.9 Å². The minimum atomic E-state index is -1.05. The van der Waals surface area contributed by atoms with Gasteiger partial charge in [-0.1, -0.05) is 28.1 Å². The molecule has 3 N–H and O–H groups in total. The number of amides is 1. The van der Waals surface area contributed by atoms with E-state index in [0.29, 0.717) is 0 Å². The number of primary amides is 1. The molecule has 1 aromatic rings. The Bertz CT molecular complexity index is 667. The van der Waals surface area contributed by atoms with E-state index in [-0.39, 0.29) is 17.3 Å². The molecule has 0 unspecified atom stereocenters. The molecule has 0 aromatic heterocycles. The third kappa shape index (κ3) is 1.48. The highest BCUT2D eigenvalue weighted by atomic mass is 79.9. The van der Waals surface area contributed by atoms with E-state index in [0.717, 1.165) is 35.7 Å². The van der Waals surface area contributed by atoms with Crippen molar-refractivity contribution in [3.05, 3.63) is 34.3 Å². The summed E-state index contributed by atoms with van der Waals surface area (Å²) in [6.07, 6.45) is 3.90. The van der Waals surface area contributed by atoms with Crippen molar-refractivity contribution in [3.8, 4) is 0 Å². The first kappa shape index (κ1) is 14.2. The SMILES string of the molecule is NC(=O)[C@@]1(c2ccc(Br)cc2)[C@H](C(=O)O)[C@H]2CC[C@H]1C21CC1. The molecule has 0 radical (unpaired) electrons. The van der Waals surface area contributed by atoms with Gasteiger partial charge in [-0.15, -0.1) is 0 Å². The van der Waals surface area contributed by atoms with Crippen LogP contribution in [0.1, 0.15) is 31.2 Å². The van der Waals surface area contributed by atoms with Crippen LogP contribution < -0.4 is 5.73 Å². The maximum Gasteiger partial charge on any atom is 0.308 e. The van der Waals surface area contributed by atoms with E-state index < -0.39 is 23.2 Å². The van der Waals surface area contributed by atoms with Crippen LogP contribution in [0.2, 0.25) is 0 Å². The zero-order chi connectivity index (χ0) is 15.7. The predicted octanol–water partition coefficient (Wildman–Crippen LogP) is 2.69. The second-order valence-corrected chi connectivity index (χ2v) is 7.94. The van der Waals surface area contributed by atoms with Crippen molar-refractivity contribution in [1.29, 1.82) is 0 Å². The second-order valence-electron chi connectivity index (χ2n) is 7.03. The molecule has 4 nitrogen and oxygen atoms in total. The number of carboxylic acids is 1. The maximum atomic E-state index is 12.6. The molecule has 1 aromatic carbocycles. The van der Waals surface area contributed by atoms with Crippen molar-refractivity contribution in [3.63, 3.8) is 0 Å². The summed E-state index contributed by atoms with van der Waals surface area (Å²) in [5, 5.41) is 9.88. The van der Waals surface area contributed by atoms with Crippen LogP contribution in [-0.2, 0) is 15.0 Å². The number of rotatable bonds is 3. The molecular formula is C17H18BrNO3. The Hall–Kier alpha value is -1.36. The van der Waals surface area contributed by atoms with Crippen molar-refractivity contribution in [2.75, 3.05) is 0 Å². The Kier molecular flexibility index (Phi) is 2.81. The van der Waals surface area contributed by atoms with Crippen molar-refractivity contribution in [2.24, 2.45) is 28.9 Å². The number of hydrogen-bond acceptors (Lipinski definition) is 2. The lowest BCUT2D eigenvalue weighted by atomic mass is 9.61. The van der Waals surface area contributed by atoms with Gasteiger partial charge in [0.25, 0.3) is 0 Å². The Morgan fingerprint density at radius 3 is 2.32 bits per heavy atom. The molecule has 1 amide bonds. The van der Waals surface area contributed by atoms with E-state index in [9.17, 15) is 14.7 Å². The molecule has 1 spiro atoms. The lowest BCUT2D eigenvalue weighted by Gasteiger charge is -2.40. The normalized spacial score (nSPS) is 37.4. The molecule has 22 heavy (non-hydrogen) atoms. The monoisotopic (exact) mass is 363 g/mol. The number of carbonyl (C=O) groups is 2. The predicted molar refractivity (Wildman–Crippen MR) is 84.0 cm³/mol. The van der Waals surface area contributed by atoms with Gasteiger partial charge in [0, 0.05) is 4.47 Å². The van der Waals surface area contributed by atoms with Gasteiger partial charge in [0.05, 0.1) is 11.3 Å². The third-order valence-electron chi connectivity index (χ3n) is 6.46. The lowest BCUT2D eigenvalue weighted by molar-refractivity contribution is -0.150. The van der Waals surface area contributed by atoms with E-state index in [1.165, 1.54) is 0 Å². The van der Waals surface area contributed by atoms with Gasteiger partial charge in [-0.2, -0.15) is 0 Å². The van der Waals surface area contributed by atoms with Gasteiger partial charge in [0.1, 0.15) is 0 Å². The van der Waals surface area contributed by atoms with Gasteiger partial charge in [-0.25, -0.2) is 0 Å². The number of aliphatic carboxylic acids is 1. The zero-order valence-electron chi connectivity index (χ0n) is 12.1. The molecule has 5 heteroatoms. The molecule has 3 aliphatic carbocycles. The topological polar surface area (TPSA) is 80.4 Å². The van der Waals surface area contributed by atoms with Crippen LogP contribution in [0.5, 0.6) is 0 Å². The Morgan fingerprint density at radius 2 is 1.82 bits per heavy atom. The van der Waals surface area contributed by atoms with E-state index in [1.54, 1.807) is 0 Å². The Labute approximate surface area is 137 Å². The summed E-state index contributed by atoms with van der Waals surface area (Å²) >= 11 is 3.40. The molecule has 116 valence electrons. The standard InChI is InChI=1S/C17H18BrNO3/c18-10-3-1-9(2-4-10)17(15(19)22)12-6-5-11(13(17)14(20)21)16(12)7-8-16/h1-4,11-13H,5-8H2,(H2,19,22)(H,20,21)/t11-,12+,13+,17-/m1/s1. The highest BCUT2D eigenvalue weighted by Gasteiger charge is 2.78. The molecule has 0 saturated heterocycles. The number of benzene rings is 1. The highest BCUT2D eigenvalue weighted by molar-refractivity contribution is 9.10. The fraction of sp³-hybridized carbons (Fsp3) is 0.529. The van der Waals surface area contributed by atoms with Crippen LogP contribution in [0, 0.1) is 23.2 Å². The molecule has 4 rings (SSSR count). The average molecular weight is 364 g/mol.